The Morgan fingerprint density at radius 2 is 2.50 bits per heavy atom. The Labute approximate surface area is 51.7 Å². The van der Waals surface area contributed by atoms with E-state index in [0.717, 1.165) is 11.3 Å². The third-order valence-electron chi connectivity index (χ3n) is 0.906. The van der Waals surface area contributed by atoms with Gasteiger partial charge in [0.2, 0.25) is 0 Å². The molecule has 0 radical (unpaired) electrons. The van der Waals surface area contributed by atoms with E-state index in [1.807, 2.05) is 6.92 Å². The van der Waals surface area contributed by atoms with Gasteiger partial charge in [-0.3, -0.25) is 0 Å². The quantitative estimate of drug-likeness (QED) is 0.606. The maximum Gasteiger partial charge on any atom is 0.161 e. The fraction of sp³-hybridized carbons (Fsp3) is 0.500. The predicted octanol–water partition coefficient (Wildman–Crippen LogP) is 0.683. The molecule has 2 N–H and O–H groups in total. The second-order valence-electron chi connectivity index (χ2n) is 1.43. The summed E-state index contributed by atoms with van der Waals surface area (Å²) >= 11 is 1.36. The van der Waals surface area contributed by atoms with Crippen molar-refractivity contribution in [3.05, 3.63) is 4.88 Å². The van der Waals surface area contributed by atoms with Crippen molar-refractivity contribution in [2.45, 2.75) is 13.3 Å². The van der Waals surface area contributed by atoms with Crippen molar-refractivity contribution in [3.63, 3.8) is 0 Å². The summed E-state index contributed by atoms with van der Waals surface area (Å²) in [6, 6.07) is 0. The Hall–Kier alpha value is -0.640. The lowest BCUT2D eigenvalue weighted by molar-refractivity contribution is 1.13. The minimum atomic E-state index is 0.581. The summed E-state index contributed by atoms with van der Waals surface area (Å²) in [4.78, 5) is 1.07. The molecule has 0 atom stereocenters. The molecule has 3 nitrogen and oxygen atoms in total. The van der Waals surface area contributed by atoms with Crippen LogP contribution < -0.4 is 5.73 Å². The molecule has 0 aromatic carbocycles. The molecule has 0 amide bonds. The molecule has 0 spiro atoms. The van der Waals surface area contributed by atoms with Crippen LogP contribution in [0.3, 0.4) is 0 Å². The Morgan fingerprint density at radius 1 is 1.75 bits per heavy atom. The van der Waals surface area contributed by atoms with E-state index < -0.39 is 0 Å². The summed E-state index contributed by atoms with van der Waals surface area (Å²) in [5, 5.41) is 3.63. The molecule has 0 fully saturated rings. The van der Waals surface area contributed by atoms with E-state index in [0.29, 0.717) is 5.82 Å². The van der Waals surface area contributed by atoms with Gasteiger partial charge in [0.15, 0.2) is 5.82 Å². The minimum Gasteiger partial charge on any atom is -0.381 e. The maximum atomic E-state index is 5.39. The smallest absolute Gasteiger partial charge is 0.161 e. The highest BCUT2D eigenvalue weighted by molar-refractivity contribution is 7.06. The van der Waals surface area contributed by atoms with E-state index in [2.05, 4.69) is 9.59 Å². The topological polar surface area (TPSA) is 51.8 Å². The van der Waals surface area contributed by atoms with E-state index >= 15 is 0 Å². The number of nitrogens with two attached hydrogens (primary N) is 1. The van der Waals surface area contributed by atoms with Crippen molar-refractivity contribution in [2.75, 3.05) is 5.73 Å². The van der Waals surface area contributed by atoms with Crippen molar-refractivity contribution in [3.8, 4) is 0 Å². The first-order valence-electron chi connectivity index (χ1n) is 2.41. The Morgan fingerprint density at radius 3 is 2.75 bits per heavy atom. The number of rotatable bonds is 1. The lowest BCUT2D eigenvalue weighted by Gasteiger charge is -1.83. The number of anilines is 1. The summed E-state index contributed by atoms with van der Waals surface area (Å²) in [5.41, 5.74) is 5.39. The first kappa shape index (κ1) is 5.50. The predicted molar refractivity (Wildman–Crippen MR) is 33.7 cm³/mol. The van der Waals surface area contributed by atoms with Crippen LogP contribution in [0.4, 0.5) is 5.82 Å². The summed E-state index contributed by atoms with van der Waals surface area (Å²) in [5.74, 6) is 0.581. The lowest BCUT2D eigenvalue weighted by atomic mass is 10.4. The fourth-order valence-electron chi connectivity index (χ4n) is 0.462. The van der Waals surface area contributed by atoms with Crippen LogP contribution in [-0.2, 0) is 6.42 Å². The first-order chi connectivity index (χ1) is 3.84. The largest absolute Gasteiger partial charge is 0.381 e. The van der Waals surface area contributed by atoms with Gasteiger partial charge in [-0.15, -0.1) is 5.10 Å². The number of hydrogen-bond acceptors (Lipinski definition) is 4. The molecule has 8 heavy (non-hydrogen) atoms. The van der Waals surface area contributed by atoms with Crippen molar-refractivity contribution in [1.29, 1.82) is 0 Å². The molecule has 44 valence electrons. The Kier molecular flexibility index (Phi) is 1.43. The number of nitrogen functional groups attached to an aromatic ring is 1. The highest BCUT2D eigenvalue weighted by atomic mass is 32.1. The third kappa shape index (κ3) is 0.790. The minimum absolute atomic E-state index is 0.581. The zero-order valence-electron chi connectivity index (χ0n) is 4.59. The van der Waals surface area contributed by atoms with Crippen LogP contribution in [0.2, 0.25) is 0 Å². The van der Waals surface area contributed by atoms with Crippen LogP contribution in [0, 0.1) is 0 Å². The molecule has 1 aromatic heterocycles. The third-order valence-corrected chi connectivity index (χ3v) is 1.79. The fourth-order valence-corrected chi connectivity index (χ4v) is 0.953. The van der Waals surface area contributed by atoms with Gasteiger partial charge in [-0.25, -0.2) is 0 Å². The normalized spacial score (nSPS) is 9.62. The molecule has 1 rings (SSSR count). The van der Waals surface area contributed by atoms with Crippen LogP contribution in [0.1, 0.15) is 11.8 Å². The van der Waals surface area contributed by atoms with Crippen LogP contribution in [0.5, 0.6) is 0 Å². The zero-order chi connectivity index (χ0) is 5.98. The van der Waals surface area contributed by atoms with Crippen molar-refractivity contribution >= 4 is 17.4 Å². The van der Waals surface area contributed by atoms with Crippen molar-refractivity contribution < 1.29 is 0 Å². The molecule has 0 saturated heterocycles. The average Bonchev–Trinajstić information content (AvgIpc) is 2.14. The monoisotopic (exact) mass is 129 g/mol. The van der Waals surface area contributed by atoms with Crippen molar-refractivity contribution in [1.82, 2.24) is 9.59 Å². The molecule has 0 bridgehead atoms. The van der Waals surface area contributed by atoms with E-state index in [1.165, 1.54) is 11.5 Å². The molecule has 0 unspecified atom stereocenters. The molecule has 4 heteroatoms. The van der Waals surface area contributed by atoms with Crippen LogP contribution in [-0.4, -0.2) is 9.59 Å². The highest BCUT2D eigenvalue weighted by Crippen LogP contribution is 2.11. The van der Waals surface area contributed by atoms with Gasteiger partial charge in [0.25, 0.3) is 0 Å². The van der Waals surface area contributed by atoms with E-state index in [9.17, 15) is 0 Å². The van der Waals surface area contributed by atoms with Crippen LogP contribution >= 0.6 is 11.5 Å². The second kappa shape index (κ2) is 2.09. The summed E-state index contributed by atoms with van der Waals surface area (Å²) < 4.78 is 3.66. The average molecular weight is 129 g/mol. The molecule has 1 heterocycles. The second-order valence-corrected chi connectivity index (χ2v) is 2.27. The Bertz CT molecular complexity index is 172. The van der Waals surface area contributed by atoms with Gasteiger partial charge in [-0.05, 0) is 18.0 Å². The molecule has 0 aliphatic heterocycles. The lowest BCUT2D eigenvalue weighted by Crippen LogP contribution is -1.87. The van der Waals surface area contributed by atoms with Crippen LogP contribution in [0.15, 0.2) is 0 Å². The Balaban J connectivity index is 2.92. The van der Waals surface area contributed by atoms with Gasteiger partial charge in [0.05, 0.1) is 4.88 Å². The molecular weight excluding hydrogens is 122 g/mol. The molecular formula is C4H7N3S. The van der Waals surface area contributed by atoms with E-state index in [1.54, 1.807) is 0 Å². The van der Waals surface area contributed by atoms with Crippen molar-refractivity contribution in [2.24, 2.45) is 0 Å². The number of nitrogens with zero attached hydrogens (tertiary/aromatic N) is 2. The zero-order valence-corrected chi connectivity index (χ0v) is 5.40. The van der Waals surface area contributed by atoms with Crippen LogP contribution in [0.25, 0.3) is 0 Å². The van der Waals surface area contributed by atoms with Gasteiger partial charge < -0.3 is 5.73 Å². The summed E-state index contributed by atoms with van der Waals surface area (Å²) in [7, 11) is 0. The van der Waals surface area contributed by atoms with Gasteiger partial charge >= 0.3 is 0 Å². The number of aromatic nitrogens is 2. The summed E-state index contributed by atoms with van der Waals surface area (Å²) in [6.07, 6.45) is 0.934. The molecule has 0 saturated carbocycles. The number of aryl methyl sites for hydroxylation is 1. The van der Waals surface area contributed by atoms with Gasteiger partial charge in [-0.2, -0.15) is 0 Å². The molecule has 0 aliphatic rings. The summed E-state index contributed by atoms with van der Waals surface area (Å²) in [6.45, 7) is 2.03. The highest BCUT2D eigenvalue weighted by Gasteiger charge is 1.97. The van der Waals surface area contributed by atoms with Gasteiger partial charge in [0.1, 0.15) is 0 Å². The molecule has 0 aliphatic carbocycles. The number of hydrogen-bond donors (Lipinski definition) is 1. The van der Waals surface area contributed by atoms with E-state index in [4.69, 9.17) is 5.73 Å². The SMILES string of the molecule is CCc1snnc1N. The molecule has 1 aromatic rings. The maximum absolute atomic E-state index is 5.39. The van der Waals surface area contributed by atoms with E-state index in [-0.39, 0.29) is 0 Å². The van der Waals surface area contributed by atoms with Gasteiger partial charge in [0, 0.05) is 0 Å². The first-order valence-corrected chi connectivity index (χ1v) is 3.18. The standard InChI is InChI=1S/C4H7N3S/c1-2-3-4(5)6-7-8-3/h2,5H2,1H3. The van der Waals surface area contributed by atoms with Gasteiger partial charge in [-0.1, -0.05) is 11.4 Å².